The van der Waals surface area contributed by atoms with Crippen molar-refractivity contribution in [3.63, 3.8) is 0 Å². The molecule has 0 aromatic carbocycles. The molecule has 1 aliphatic heterocycles. The smallest absolute Gasteiger partial charge is 0.225 e. The number of hydrogen-bond acceptors (Lipinski definition) is 6. The van der Waals surface area contributed by atoms with Gasteiger partial charge >= 0.3 is 0 Å². The summed E-state index contributed by atoms with van der Waals surface area (Å²) in [6.45, 7) is 2.30. The first kappa shape index (κ1) is 11.1. The SMILES string of the molecule is CC1CS(=O)(=O)CCN1c1ncc(N)cn1. The summed E-state index contributed by atoms with van der Waals surface area (Å²) < 4.78 is 22.8. The standard InChI is InChI=1S/C9H14N4O2S/c1-7-6-16(14,15)3-2-13(7)9-11-4-8(10)5-12-9/h4-5,7H,2-3,6,10H2,1H3. The molecule has 6 nitrogen and oxygen atoms in total. The summed E-state index contributed by atoms with van der Waals surface area (Å²) >= 11 is 0. The van der Waals surface area contributed by atoms with Gasteiger partial charge < -0.3 is 10.6 Å². The van der Waals surface area contributed by atoms with Gasteiger partial charge in [-0.1, -0.05) is 0 Å². The molecule has 0 amide bonds. The van der Waals surface area contributed by atoms with Crippen molar-refractivity contribution >= 4 is 21.5 Å². The van der Waals surface area contributed by atoms with E-state index in [4.69, 9.17) is 5.73 Å². The largest absolute Gasteiger partial charge is 0.396 e. The average Bonchev–Trinajstić information content (AvgIpc) is 2.19. The van der Waals surface area contributed by atoms with Gasteiger partial charge in [0.15, 0.2) is 9.84 Å². The van der Waals surface area contributed by atoms with Gasteiger partial charge in [0.25, 0.3) is 0 Å². The van der Waals surface area contributed by atoms with Gasteiger partial charge in [0.2, 0.25) is 5.95 Å². The molecular formula is C9H14N4O2S. The third-order valence-electron chi connectivity index (χ3n) is 2.59. The summed E-state index contributed by atoms with van der Waals surface area (Å²) in [5.74, 6) is 0.850. The Morgan fingerprint density at radius 2 is 2.06 bits per heavy atom. The maximum absolute atomic E-state index is 11.4. The lowest BCUT2D eigenvalue weighted by atomic mass is 10.3. The average molecular weight is 242 g/mol. The lowest BCUT2D eigenvalue weighted by Crippen LogP contribution is -2.47. The maximum atomic E-state index is 11.4. The Bertz CT molecular complexity index is 471. The normalized spacial score (nSPS) is 24.3. The second-order valence-electron chi connectivity index (χ2n) is 3.97. The van der Waals surface area contributed by atoms with Gasteiger partial charge in [-0.3, -0.25) is 0 Å². The van der Waals surface area contributed by atoms with Crippen LogP contribution in [-0.4, -0.2) is 42.5 Å². The molecule has 0 spiro atoms. The highest BCUT2D eigenvalue weighted by atomic mass is 32.2. The molecule has 2 rings (SSSR count). The maximum Gasteiger partial charge on any atom is 0.225 e. The Morgan fingerprint density at radius 3 is 2.62 bits per heavy atom. The Kier molecular flexibility index (Phi) is 2.71. The van der Waals surface area contributed by atoms with Gasteiger partial charge in [0.1, 0.15) is 0 Å². The molecule has 2 N–H and O–H groups in total. The molecule has 1 fully saturated rings. The summed E-state index contributed by atoms with van der Waals surface area (Å²) in [5, 5.41) is 0. The van der Waals surface area contributed by atoms with E-state index < -0.39 is 9.84 Å². The minimum atomic E-state index is -2.90. The van der Waals surface area contributed by atoms with E-state index in [-0.39, 0.29) is 17.5 Å². The zero-order valence-electron chi connectivity index (χ0n) is 9.00. The predicted molar refractivity (Wildman–Crippen MR) is 61.9 cm³/mol. The van der Waals surface area contributed by atoms with Crippen molar-refractivity contribution in [1.82, 2.24) is 9.97 Å². The van der Waals surface area contributed by atoms with E-state index in [2.05, 4.69) is 9.97 Å². The van der Waals surface area contributed by atoms with Gasteiger partial charge in [-0.25, -0.2) is 18.4 Å². The fourth-order valence-corrected chi connectivity index (χ4v) is 3.33. The molecule has 1 atom stereocenters. The van der Waals surface area contributed by atoms with Crippen molar-refractivity contribution in [2.75, 3.05) is 28.7 Å². The van der Waals surface area contributed by atoms with Crippen molar-refractivity contribution in [3.8, 4) is 0 Å². The van der Waals surface area contributed by atoms with Crippen LogP contribution >= 0.6 is 0 Å². The van der Waals surface area contributed by atoms with Crippen molar-refractivity contribution < 1.29 is 8.42 Å². The first-order chi connectivity index (χ1) is 7.48. The summed E-state index contributed by atoms with van der Waals surface area (Å²) in [6.07, 6.45) is 3.05. The van der Waals surface area contributed by atoms with E-state index in [1.165, 1.54) is 12.4 Å². The van der Waals surface area contributed by atoms with Crippen molar-refractivity contribution in [2.24, 2.45) is 0 Å². The molecule has 0 saturated carbocycles. The highest BCUT2D eigenvalue weighted by Gasteiger charge is 2.29. The highest BCUT2D eigenvalue weighted by Crippen LogP contribution is 2.17. The fraction of sp³-hybridized carbons (Fsp3) is 0.556. The second kappa shape index (κ2) is 3.89. The van der Waals surface area contributed by atoms with Crippen molar-refractivity contribution in [1.29, 1.82) is 0 Å². The topological polar surface area (TPSA) is 89.2 Å². The number of nitrogen functional groups attached to an aromatic ring is 1. The van der Waals surface area contributed by atoms with E-state index in [0.29, 0.717) is 18.2 Å². The third-order valence-corrected chi connectivity index (χ3v) is 4.38. The lowest BCUT2D eigenvalue weighted by molar-refractivity contribution is 0.565. The number of nitrogens with zero attached hydrogens (tertiary/aromatic N) is 3. The summed E-state index contributed by atoms with van der Waals surface area (Å²) in [6, 6.07) is -0.0950. The highest BCUT2D eigenvalue weighted by molar-refractivity contribution is 7.91. The molecule has 7 heteroatoms. The van der Waals surface area contributed by atoms with Gasteiger partial charge in [0, 0.05) is 12.6 Å². The third kappa shape index (κ3) is 2.24. The Balaban J connectivity index is 2.20. The molecule has 2 heterocycles. The molecule has 16 heavy (non-hydrogen) atoms. The summed E-state index contributed by atoms with van der Waals surface area (Å²) in [7, 11) is -2.90. The zero-order chi connectivity index (χ0) is 11.8. The van der Waals surface area contributed by atoms with E-state index in [1.54, 1.807) is 0 Å². The summed E-state index contributed by atoms with van der Waals surface area (Å²) in [5.41, 5.74) is 6.00. The molecule has 1 aliphatic rings. The van der Waals surface area contributed by atoms with Crippen LogP contribution in [0.15, 0.2) is 12.4 Å². The predicted octanol–water partition coefficient (Wildman–Crippen LogP) is -0.318. The summed E-state index contributed by atoms with van der Waals surface area (Å²) in [4.78, 5) is 10.1. The second-order valence-corrected chi connectivity index (χ2v) is 6.20. The molecule has 0 radical (unpaired) electrons. The first-order valence-corrected chi connectivity index (χ1v) is 6.85. The minimum Gasteiger partial charge on any atom is -0.396 e. The monoisotopic (exact) mass is 242 g/mol. The number of aromatic nitrogens is 2. The van der Waals surface area contributed by atoms with Crippen LogP contribution in [0, 0.1) is 0 Å². The van der Waals surface area contributed by atoms with E-state index in [0.717, 1.165) is 0 Å². The van der Waals surface area contributed by atoms with Gasteiger partial charge in [-0.05, 0) is 6.92 Å². The lowest BCUT2D eigenvalue weighted by Gasteiger charge is -2.32. The van der Waals surface area contributed by atoms with Crippen LogP contribution < -0.4 is 10.6 Å². The number of sulfone groups is 1. The van der Waals surface area contributed by atoms with Crippen LogP contribution in [0.5, 0.6) is 0 Å². The molecular weight excluding hydrogens is 228 g/mol. The Labute approximate surface area is 94.4 Å². The van der Waals surface area contributed by atoms with Crippen LogP contribution in [-0.2, 0) is 9.84 Å². The van der Waals surface area contributed by atoms with E-state index >= 15 is 0 Å². The fourth-order valence-electron chi connectivity index (χ4n) is 1.78. The zero-order valence-corrected chi connectivity index (χ0v) is 9.81. The van der Waals surface area contributed by atoms with Crippen molar-refractivity contribution in [2.45, 2.75) is 13.0 Å². The molecule has 88 valence electrons. The number of rotatable bonds is 1. The van der Waals surface area contributed by atoms with Gasteiger partial charge in [-0.2, -0.15) is 0 Å². The quantitative estimate of drug-likeness (QED) is 0.726. The van der Waals surface area contributed by atoms with Crippen LogP contribution in [0.1, 0.15) is 6.92 Å². The molecule has 1 aromatic heterocycles. The molecule has 1 unspecified atom stereocenters. The number of hydrogen-bond donors (Lipinski definition) is 1. The van der Waals surface area contributed by atoms with Crippen LogP contribution in [0.4, 0.5) is 11.6 Å². The van der Waals surface area contributed by atoms with Crippen LogP contribution in [0.25, 0.3) is 0 Å². The van der Waals surface area contributed by atoms with Gasteiger partial charge in [0.05, 0.1) is 29.6 Å². The number of nitrogens with two attached hydrogens (primary N) is 1. The first-order valence-electron chi connectivity index (χ1n) is 5.02. The van der Waals surface area contributed by atoms with E-state index in [1.807, 2.05) is 11.8 Å². The number of anilines is 2. The molecule has 0 aliphatic carbocycles. The van der Waals surface area contributed by atoms with Gasteiger partial charge in [-0.15, -0.1) is 0 Å². The molecule has 1 saturated heterocycles. The minimum absolute atomic E-state index is 0.0950. The molecule has 0 bridgehead atoms. The van der Waals surface area contributed by atoms with Crippen molar-refractivity contribution in [3.05, 3.63) is 12.4 Å². The Morgan fingerprint density at radius 1 is 1.44 bits per heavy atom. The van der Waals surface area contributed by atoms with Crippen LogP contribution in [0.3, 0.4) is 0 Å². The Hall–Kier alpha value is -1.37. The van der Waals surface area contributed by atoms with Crippen LogP contribution in [0.2, 0.25) is 0 Å². The van der Waals surface area contributed by atoms with E-state index in [9.17, 15) is 8.42 Å². The molecule has 1 aromatic rings.